The highest BCUT2D eigenvalue weighted by atomic mass is 16.5. The van der Waals surface area contributed by atoms with Crippen LogP contribution >= 0.6 is 0 Å². The number of carbonyl (C=O) groups excluding carboxylic acids is 3. The van der Waals surface area contributed by atoms with Gasteiger partial charge in [0.1, 0.15) is 17.5 Å². The Hall–Kier alpha value is -3.83. The van der Waals surface area contributed by atoms with Crippen molar-refractivity contribution in [3.63, 3.8) is 0 Å². The molecule has 0 unspecified atom stereocenters. The van der Waals surface area contributed by atoms with Gasteiger partial charge in [0.25, 0.3) is 17.7 Å². The van der Waals surface area contributed by atoms with Crippen molar-refractivity contribution in [2.45, 2.75) is 37.1 Å². The molecular formula is C28H34N4O7. The molecule has 0 aromatic heterocycles. The molecular weight excluding hydrogens is 504 g/mol. The fourth-order valence-electron chi connectivity index (χ4n) is 5.26. The first-order valence-electron chi connectivity index (χ1n) is 13.1. The summed E-state index contributed by atoms with van der Waals surface area (Å²) in [6, 6.07) is 11.7. The van der Waals surface area contributed by atoms with Crippen LogP contribution in [0.3, 0.4) is 0 Å². The van der Waals surface area contributed by atoms with E-state index >= 15 is 0 Å². The lowest BCUT2D eigenvalue weighted by molar-refractivity contribution is -0.157. The third kappa shape index (κ3) is 5.79. The summed E-state index contributed by atoms with van der Waals surface area (Å²) in [5, 5.41) is 9.15. The summed E-state index contributed by atoms with van der Waals surface area (Å²) in [5.74, 6) is 0.522. The molecule has 3 N–H and O–H groups in total. The minimum absolute atomic E-state index is 0.0924. The topological polar surface area (TPSA) is 127 Å². The van der Waals surface area contributed by atoms with E-state index in [9.17, 15) is 14.4 Å². The third-order valence-electron chi connectivity index (χ3n) is 7.55. The van der Waals surface area contributed by atoms with Gasteiger partial charge in [-0.2, -0.15) is 0 Å². The number of benzene rings is 2. The molecule has 0 radical (unpaired) electrons. The first-order valence-corrected chi connectivity index (χ1v) is 13.1. The van der Waals surface area contributed by atoms with Crippen LogP contribution in [0.2, 0.25) is 0 Å². The summed E-state index contributed by atoms with van der Waals surface area (Å²) < 4.78 is 23.1. The Balaban J connectivity index is 1.44. The number of rotatable bonds is 3. The van der Waals surface area contributed by atoms with Gasteiger partial charge in [0.2, 0.25) is 0 Å². The number of methoxy groups -OCH3 is 2. The number of likely N-dealkylation sites (tertiary alicyclic amines) is 1. The van der Waals surface area contributed by atoms with Crippen LogP contribution in [-0.2, 0) is 20.9 Å². The average molecular weight is 539 g/mol. The maximum atomic E-state index is 13.7. The van der Waals surface area contributed by atoms with Gasteiger partial charge in [0.15, 0.2) is 18.1 Å². The van der Waals surface area contributed by atoms with Crippen LogP contribution in [0.1, 0.15) is 28.8 Å². The van der Waals surface area contributed by atoms with E-state index in [1.165, 1.54) is 7.11 Å². The molecule has 208 valence electrons. The first-order chi connectivity index (χ1) is 18.9. The molecule has 0 aliphatic carbocycles. The van der Waals surface area contributed by atoms with Crippen molar-refractivity contribution in [3.05, 3.63) is 53.6 Å². The van der Waals surface area contributed by atoms with E-state index in [4.69, 9.17) is 18.9 Å². The summed E-state index contributed by atoms with van der Waals surface area (Å²) in [6.07, 6.45) is 0.672. The number of fused-ring (bicyclic) bond motifs is 7. The van der Waals surface area contributed by atoms with E-state index in [2.05, 4.69) is 16.0 Å². The number of piperidine rings is 1. The van der Waals surface area contributed by atoms with Crippen LogP contribution < -0.4 is 30.2 Å². The minimum atomic E-state index is -0.892. The Bertz CT molecular complexity index is 1210. The molecule has 3 amide bonds. The molecule has 0 saturated carbocycles. The molecule has 4 bridgehead atoms. The van der Waals surface area contributed by atoms with Gasteiger partial charge < -0.3 is 39.8 Å². The van der Waals surface area contributed by atoms with Crippen molar-refractivity contribution in [1.82, 2.24) is 20.9 Å². The number of nitrogens with one attached hydrogen (secondary N) is 3. The minimum Gasteiger partial charge on any atom is -0.493 e. The molecule has 2 saturated heterocycles. The van der Waals surface area contributed by atoms with Crippen molar-refractivity contribution in [3.8, 4) is 17.2 Å². The summed E-state index contributed by atoms with van der Waals surface area (Å²) in [6.45, 7) is 2.06. The maximum absolute atomic E-state index is 13.7. The predicted molar refractivity (Wildman–Crippen MR) is 141 cm³/mol. The average Bonchev–Trinajstić information content (AvgIpc) is 3.36. The number of ether oxygens (including phenoxy) is 4. The SMILES string of the molecule is COc1ccc2cc1OCC(=O)NCc1ccc(cc1)O[C@H]1CN(C(=O)C3(OC)CCNCC3)C[C@@H]1NC2=O. The van der Waals surface area contributed by atoms with Gasteiger partial charge in [0, 0.05) is 25.8 Å². The van der Waals surface area contributed by atoms with Crippen molar-refractivity contribution in [1.29, 1.82) is 0 Å². The Morgan fingerprint density at radius 3 is 2.54 bits per heavy atom. The highest BCUT2D eigenvalue weighted by molar-refractivity contribution is 5.95. The molecule has 2 fully saturated rings. The molecule has 2 aromatic rings. The Morgan fingerprint density at radius 2 is 1.82 bits per heavy atom. The van der Waals surface area contributed by atoms with E-state index in [1.807, 2.05) is 24.3 Å². The highest BCUT2D eigenvalue weighted by Gasteiger charge is 2.47. The summed E-state index contributed by atoms with van der Waals surface area (Å²) in [4.78, 5) is 41.1. The second-order valence-electron chi connectivity index (χ2n) is 9.97. The Morgan fingerprint density at radius 1 is 1.05 bits per heavy atom. The number of amides is 3. The molecule has 0 spiro atoms. The standard InChI is InChI=1S/C28H34N4O7/c1-36-22-8-5-19-13-23(22)38-17-25(33)30-14-18-3-6-20(7-4-18)39-24-16-32(15-21(24)31-26(19)34)27(35)28(37-2)9-11-29-12-10-28/h3-8,13,21,24,29H,9-12,14-17H2,1-2H3,(H,30,33)(H,31,34)/t21-,24-/m0/s1. The van der Waals surface area contributed by atoms with Crippen molar-refractivity contribution in [2.24, 2.45) is 0 Å². The maximum Gasteiger partial charge on any atom is 0.258 e. The molecule has 11 heteroatoms. The monoisotopic (exact) mass is 538 g/mol. The van der Waals surface area contributed by atoms with E-state index in [0.717, 1.165) is 5.56 Å². The fourth-order valence-corrected chi connectivity index (χ4v) is 5.26. The summed E-state index contributed by atoms with van der Waals surface area (Å²) >= 11 is 0. The van der Waals surface area contributed by atoms with Crippen molar-refractivity contribution in [2.75, 3.05) is 47.0 Å². The lowest BCUT2D eigenvalue weighted by atomic mass is 9.90. The highest BCUT2D eigenvalue weighted by Crippen LogP contribution is 2.30. The van der Waals surface area contributed by atoms with Gasteiger partial charge in [-0.15, -0.1) is 0 Å². The van der Waals surface area contributed by atoms with Crippen LogP contribution in [0.15, 0.2) is 42.5 Å². The van der Waals surface area contributed by atoms with E-state index in [1.54, 1.807) is 30.2 Å². The molecule has 2 atom stereocenters. The number of carbonyl (C=O) groups is 3. The number of hydrogen-bond acceptors (Lipinski definition) is 8. The van der Waals surface area contributed by atoms with Crippen molar-refractivity contribution >= 4 is 17.7 Å². The zero-order valence-electron chi connectivity index (χ0n) is 22.2. The van der Waals surface area contributed by atoms with Gasteiger partial charge in [-0.3, -0.25) is 14.4 Å². The third-order valence-corrected chi connectivity index (χ3v) is 7.55. The number of nitrogens with zero attached hydrogens (tertiary/aromatic N) is 1. The van der Waals surface area contributed by atoms with E-state index in [-0.39, 0.29) is 36.6 Å². The molecule has 11 nitrogen and oxygen atoms in total. The zero-order chi connectivity index (χ0) is 27.4. The normalized spacial score (nSPS) is 23.0. The van der Waals surface area contributed by atoms with Crippen LogP contribution in [0.25, 0.3) is 0 Å². The molecule has 4 aliphatic rings. The van der Waals surface area contributed by atoms with E-state index in [0.29, 0.717) is 56.1 Å². The summed E-state index contributed by atoms with van der Waals surface area (Å²) in [5.41, 5.74) is 0.326. The van der Waals surface area contributed by atoms with E-state index < -0.39 is 17.7 Å². The Labute approximate surface area is 227 Å². The smallest absolute Gasteiger partial charge is 0.258 e. The lowest BCUT2D eigenvalue weighted by Gasteiger charge is -2.37. The van der Waals surface area contributed by atoms with Crippen LogP contribution in [0.5, 0.6) is 17.2 Å². The molecule has 6 rings (SSSR count). The van der Waals surface area contributed by atoms with Crippen LogP contribution in [-0.4, -0.2) is 87.4 Å². The predicted octanol–water partition coefficient (Wildman–Crippen LogP) is 0.861. The molecule has 4 heterocycles. The van der Waals surface area contributed by atoms with Gasteiger partial charge in [-0.25, -0.2) is 0 Å². The van der Waals surface area contributed by atoms with Crippen LogP contribution in [0, 0.1) is 0 Å². The van der Waals surface area contributed by atoms with Gasteiger partial charge in [-0.05, 0) is 61.8 Å². The lowest BCUT2D eigenvalue weighted by Crippen LogP contribution is -2.55. The van der Waals surface area contributed by atoms with Crippen LogP contribution in [0.4, 0.5) is 0 Å². The Kier molecular flexibility index (Phi) is 7.89. The van der Waals surface area contributed by atoms with Gasteiger partial charge in [-0.1, -0.05) is 12.1 Å². The molecule has 2 aromatic carbocycles. The molecule has 4 aliphatic heterocycles. The molecule has 39 heavy (non-hydrogen) atoms. The fraction of sp³-hybridized carbons (Fsp3) is 0.464. The van der Waals surface area contributed by atoms with Crippen molar-refractivity contribution < 1.29 is 33.3 Å². The second-order valence-corrected chi connectivity index (χ2v) is 9.97. The quantitative estimate of drug-likeness (QED) is 0.525. The van der Waals surface area contributed by atoms with Gasteiger partial charge in [0.05, 0.1) is 19.7 Å². The number of hydrogen-bond donors (Lipinski definition) is 3. The first kappa shape index (κ1) is 26.8. The summed E-state index contributed by atoms with van der Waals surface area (Å²) in [7, 11) is 3.07. The zero-order valence-corrected chi connectivity index (χ0v) is 22.2. The second kappa shape index (κ2) is 11.5. The largest absolute Gasteiger partial charge is 0.493 e. The van der Waals surface area contributed by atoms with Gasteiger partial charge >= 0.3 is 0 Å².